The Morgan fingerprint density at radius 3 is 1.53 bits per heavy atom. The minimum atomic E-state index is -4.40. The molecular weight excluding hydrogens is 713 g/mol. The Bertz CT molecular complexity index is 1170. The van der Waals surface area contributed by atoms with Crippen LogP contribution in [0, 0.1) is 0 Å². The maximum absolute atomic E-state index is 12.5. The van der Waals surface area contributed by atoms with Crippen LogP contribution >= 0.6 is 7.82 Å². The van der Waals surface area contributed by atoms with Gasteiger partial charge < -0.3 is 20.1 Å². The normalized spacial score (nSPS) is 14.2. The van der Waals surface area contributed by atoms with E-state index >= 15 is 0 Å². The lowest BCUT2D eigenvalue weighted by Crippen LogP contribution is -2.29. The van der Waals surface area contributed by atoms with E-state index in [9.17, 15) is 19.0 Å². The summed E-state index contributed by atoms with van der Waals surface area (Å²) in [4.78, 5) is 34.8. The molecule has 9 nitrogen and oxygen atoms in total. The molecule has 0 heterocycles. The summed E-state index contributed by atoms with van der Waals surface area (Å²) in [6.07, 6.45) is 50.4. The number of carbonyl (C=O) groups is 2. The van der Waals surface area contributed by atoms with Crippen LogP contribution in [0.4, 0.5) is 0 Å². The molecule has 0 aromatic carbocycles. The van der Waals surface area contributed by atoms with E-state index in [1.165, 1.54) is 38.5 Å². The van der Waals surface area contributed by atoms with E-state index < -0.39 is 32.5 Å². The summed E-state index contributed by atoms with van der Waals surface area (Å²) in [6, 6.07) is 0. The van der Waals surface area contributed by atoms with Gasteiger partial charge in [-0.25, -0.2) is 4.57 Å². The second-order valence-corrected chi connectivity index (χ2v) is 14.9. The molecule has 1 unspecified atom stereocenters. The number of phosphoric acid groups is 1. The molecule has 314 valence electrons. The maximum Gasteiger partial charge on any atom is 0.472 e. The maximum atomic E-state index is 12.5. The molecule has 0 amide bonds. The molecule has 0 aromatic heterocycles. The fraction of sp³-hybridized carbons (Fsp3) is 0.644. The lowest BCUT2D eigenvalue weighted by Gasteiger charge is -2.19. The SMILES string of the molecule is CC/C=C/C/C=C/C/C=C/C/C=C/C/C=C/CCCCCC(=O)OC[C@H](COP(=O)(O)OCCN)OC(=O)CCCC/C=C/C/C=C/CCCCCCCC. The van der Waals surface area contributed by atoms with Gasteiger partial charge in [-0.1, -0.05) is 137 Å². The summed E-state index contributed by atoms with van der Waals surface area (Å²) >= 11 is 0. The van der Waals surface area contributed by atoms with Crippen molar-refractivity contribution in [3.8, 4) is 0 Å². The Balaban J connectivity index is 4.30. The highest BCUT2D eigenvalue weighted by Gasteiger charge is 2.25. The number of unbranched alkanes of at least 4 members (excludes halogenated alkanes) is 11. The molecule has 0 fully saturated rings. The predicted molar refractivity (Wildman–Crippen MR) is 229 cm³/mol. The fourth-order valence-electron chi connectivity index (χ4n) is 5.16. The first kappa shape index (κ1) is 52.2. The van der Waals surface area contributed by atoms with Crippen molar-refractivity contribution >= 4 is 19.8 Å². The first-order chi connectivity index (χ1) is 26.8. The van der Waals surface area contributed by atoms with Crippen molar-refractivity contribution in [1.29, 1.82) is 0 Å². The minimum Gasteiger partial charge on any atom is -0.462 e. The lowest BCUT2D eigenvalue weighted by molar-refractivity contribution is -0.161. The van der Waals surface area contributed by atoms with Gasteiger partial charge in [0.2, 0.25) is 0 Å². The van der Waals surface area contributed by atoms with Crippen LogP contribution in [-0.2, 0) is 32.7 Å². The molecule has 0 radical (unpaired) electrons. The second kappa shape index (κ2) is 40.8. The first-order valence-electron chi connectivity index (χ1n) is 21.1. The van der Waals surface area contributed by atoms with Crippen LogP contribution in [0.1, 0.15) is 155 Å². The number of allylic oxidation sites excluding steroid dienone is 14. The van der Waals surface area contributed by atoms with Crippen LogP contribution in [0.5, 0.6) is 0 Å². The van der Waals surface area contributed by atoms with Crippen LogP contribution in [-0.4, -0.2) is 49.3 Å². The molecule has 0 aliphatic rings. The van der Waals surface area contributed by atoms with Gasteiger partial charge in [0.25, 0.3) is 0 Å². The summed E-state index contributed by atoms with van der Waals surface area (Å²) in [5.74, 6) is -0.913. The molecule has 2 atom stereocenters. The Labute approximate surface area is 334 Å². The standard InChI is InChI=1S/C45H76NO8P/c1-3-5-7-9-11-13-15-17-19-20-21-22-24-25-27-29-31-33-35-37-44(47)51-41-43(42-53-55(49,50)52-40-39-46)54-45(48)38-36-34-32-30-28-26-23-18-16-14-12-10-8-6-4-2/h5,7,11,13,17-19,21-23,25,27-28,30,43H,3-4,6,8-10,12,14-16,20,24,26,29,31-42,46H2,1-2H3,(H,49,50)/b7-5+,13-11+,19-17+,22-21+,23-18+,27-25+,30-28+/t43-/m1/s1. The van der Waals surface area contributed by atoms with E-state index in [4.69, 9.17) is 24.3 Å². The van der Waals surface area contributed by atoms with Crippen molar-refractivity contribution in [2.75, 3.05) is 26.4 Å². The monoisotopic (exact) mass is 790 g/mol. The van der Waals surface area contributed by atoms with E-state index in [0.717, 1.165) is 77.0 Å². The van der Waals surface area contributed by atoms with E-state index in [-0.39, 0.29) is 32.6 Å². The number of ether oxygens (including phenoxy) is 2. The van der Waals surface area contributed by atoms with E-state index in [0.29, 0.717) is 12.8 Å². The third-order valence-electron chi connectivity index (χ3n) is 8.27. The van der Waals surface area contributed by atoms with Crippen LogP contribution < -0.4 is 5.73 Å². The van der Waals surface area contributed by atoms with Crippen molar-refractivity contribution in [1.82, 2.24) is 0 Å². The lowest BCUT2D eigenvalue weighted by atomic mass is 10.1. The van der Waals surface area contributed by atoms with Gasteiger partial charge in [-0.2, -0.15) is 0 Å². The molecule has 0 rings (SSSR count). The van der Waals surface area contributed by atoms with Gasteiger partial charge in [0.15, 0.2) is 6.10 Å². The summed E-state index contributed by atoms with van der Waals surface area (Å²) < 4.78 is 32.7. The molecule has 0 saturated heterocycles. The van der Waals surface area contributed by atoms with Gasteiger partial charge >= 0.3 is 19.8 Å². The average molecular weight is 790 g/mol. The highest BCUT2D eigenvalue weighted by atomic mass is 31.2. The number of hydrogen-bond acceptors (Lipinski definition) is 8. The average Bonchev–Trinajstić information content (AvgIpc) is 3.17. The Kier molecular flexibility index (Phi) is 38.8. The van der Waals surface area contributed by atoms with Crippen molar-refractivity contribution in [3.63, 3.8) is 0 Å². The summed E-state index contributed by atoms with van der Waals surface area (Å²) in [5.41, 5.74) is 5.34. The van der Waals surface area contributed by atoms with Gasteiger partial charge in [0.1, 0.15) is 6.61 Å². The number of hydrogen-bond donors (Lipinski definition) is 2. The van der Waals surface area contributed by atoms with Crippen LogP contribution in [0.3, 0.4) is 0 Å². The van der Waals surface area contributed by atoms with Crippen molar-refractivity contribution in [3.05, 3.63) is 85.1 Å². The van der Waals surface area contributed by atoms with Gasteiger partial charge in [-0.15, -0.1) is 0 Å². The third-order valence-corrected chi connectivity index (χ3v) is 9.25. The highest BCUT2D eigenvalue weighted by Crippen LogP contribution is 2.43. The molecular formula is C45H76NO8P. The number of esters is 2. The van der Waals surface area contributed by atoms with Crippen LogP contribution in [0.2, 0.25) is 0 Å². The van der Waals surface area contributed by atoms with Crippen molar-refractivity contribution in [2.24, 2.45) is 5.73 Å². The minimum absolute atomic E-state index is 0.0391. The smallest absolute Gasteiger partial charge is 0.462 e. The Morgan fingerprint density at radius 2 is 1.00 bits per heavy atom. The van der Waals surface area contributed by atoms with Gasteiger partial charge in [-0.3, -0.25) is 18.6 Å². The first-order valence-corrected chi connectivity index (χ1v) is 22.6. The second-order valence-electron chi connectivity index (χ2n) is 13.5. The zero-order valence-corrected chi connectivity index (χ0v) is 35.3. The number of carbonyl (C=O) groups excluding carboxylic acids is 2. The van der Waals surface area contributed by atoms with Crippen molar-refractivity contribution in [2.45, 2.75) is 161 Å². The van der Waals surface area contributed by atoms with Crippen molar-refractivity contribution < 1.29 is 37.6 Å². The highest BCUT2D eigenvalue weighted by molar-refractivity contribution is 7.47. The predicted octanol–water partition coefficient (Wildman–Crippen LogP) is 12.0. The van der Waals surface area contributed by atoms with Gasteiger partial charge in [-0.05, 0) is 89.9 Å². The van der Waals surface area contributed by atoms with E-state index in [1.807, 2.05) is 0 Å². The molecule has 3 N–H and O–H groups in total. The third kappa shape index (κ3) is 40.7. The fourth-order valence-corrected chi connectivity index (χ4v) is 5.92. The van der Waals surface area contributed by atoms with Gasteiger partial charge in [0.05, 0.1) is 13.2 Å². The molecule has 0 aliphatic heterocycles. The Morgan fingerprint density at radius 1 is 0.564 bits per heavy atom. The Hall–Kier alpha value is -2.81. The summed E-state index contributed by atoms with van der Waals surface area (Å²) in [6.45, 7) is 3.51. The number of phosphoric ester groups is 1. The molecule has 0 bridgehead atoms. The quantitative estimate of drug-likeness (QED) is 0.0271. The molecule has 0 aromatic rings. The number of rotatable bonds is 38. The zero-order valence-electron chi connectivity index (χ0n) is 34.4. The molecule has 10 heteroatoms. The number of nitrogens with two attached hydrogens (primary N) is 1. The molecule has 0 saturated carbocycles. The zero-order chi connectivity index (χ0) is 40.3. The summed E-state index contributed by atoms with van der Waals surface area (Å²) in [7, 11) is -4.40. The molecule has 0 aliphatic carbocycles. The van der Waals surface area contributed by atoms with E-state index in [2.05, 4.69) is 98.9 Å². The topological polar surface area (TPSA) is 134 Å². The van der Waals surface area contributed by atoms with Crippen LogP contribution in [0.15, 0.2) is 85.1 Å². The van der Waals surface area contributed by atoms with Gasteiger partial charge in [0, 0.05) is 19.4 Å². The summed E-state index contributed by atoms with van der Waals surface area (Å²) in [5, 5.41) is 0. The van der Waals surface area contributed by atoms with E-state index in [1.54, 1.807) is 0 Å². The largest absolute Gasteiger partial charge is 0.472 e. The molecule has 55 heavy (non-hydrogen) atoms. The molecule has 0 spiro atoms. The van der Waals surface area contributed by atoms with Crippen LogP contribution in [0.25, 0.3) is 0 Å².